The van der Waals surface area contributed by atoms with Gasteiger partial charge < -0.3 is 5.32 Å². The van der Waals surface area contributed by atoms with Crippen LogP contribution in [0.5, 0.6) is 0 Å². The fourth-order valence-electron chi connectivity index (χ4n) is 1.98. The third-order valence-electron chi connectivity index (χ3n) is 3.00. The molecule has 0 bridgehead atoms. The van der Waals surface area contributed by atoms with Crippen molar-refractivity contribution in [1.29, 1.82) is 0 Å². The van der Waals surface area contributed by atoms with Crippen molar-refractivity contribution < 1.29 is 0 Å². The zero-order valence-electron chi connectivity index (χ0n) is 7.78. The van der Waals surface area contributed by atoms with Gasteiger partial charge in [-0.1, -0.05) is 11.6 Å². The van der Waals surface area contributed by atoms with Gasteiger partial charge in [-0.15, -0.1) is 0 Å². The summed E-state index contributed by atoms with van der Waals surface area (Å²) in [6.45, 7) is 0. The lowest BCUT2D eigenvalue weighted by Crippen LogP contribution is -2.08. The van der Waals surface area contributed by atoms with Crippen molar-refractivity contribution in [2.24, 2.45) is 11.8 Å². The fraction of sp³-hybridized carbons (Fsp3) is 0.600. The van der Waals surface area contributed by atoms with E-state index < -0.39 is 0 Å². The van der Waals surface area contributed by atoms with E-state index in [1.807, 2.05) is 0 Å². The predicted molar refractivity (Wildman–Crippen MR) is 55.3 cm³/mol. The van der Waals surface area contributed by atoms with Crippen molar-refractivity contribution in [1.82, 2.24) is 9.97 Å². The summed E-state index contributed by atoms with van der Waals surface area (Å²) >= 11 is 5.70. The van der Waals surface area contributed by atoms with E-state index in [0.717, 1.165) is 11.8 Å². The van der Waals surface area contributed by atoms with Crippen LogP contribution in [0, 0.1) is 11.8 Å². The van der Waals surface area contributed by atoms with Gasteiger partial charge in [0.05, 0.1) is 17.4 Å². The van der Waals surface area contributed by atoms with E-state index in [4.69, 9.17) is 11.6 Å². The molecule has 0 aliphatic heterocycles. The average molecular weight is 210 g/mol. The average Bonchev–Trinajstić information content (AvgIpc) is 2.99. The predicted octanol–water partition coefficient (Wildman–Crippen LogP) is 2.34. The molecule has 3 nitrogen and oxygen atoms in total. The second kappa shape index (κ2) is 3.09. The summed E-state index contributed by atoms with van der Waals surface area (Å²) in [5, 5.41) is 3.92. The number of aromatic nitrogens is 2. The molecule has 1 aromatic heterocycles. The topological polar surface area (TPSA) is 37.8 Å². The van der Waals surface area contributed by atoms with E-state index in [-0.39, 0.29) is 0 Å². The van der Waals surface area contributed by atoms with Gasteiger partial charge >= 0.3 is 0 Å². The molecule has 4 heteroatoms. The van der Waals surface area contributed by atoms with E-state index in [0.29, 0.717) is 17.0 Å². The monoisotopic (exact) mass is 209 g/mol. The molecule has 2 fully saturated rings. The quantitative estimate of drug-likeness (QED) is 0.831. The first-order valence-electron chi connectivity index (χ1n) is 5.07. The van der Waals surface area contributed by atoms with Gasteiger partial charge in [0, 0.05) is 6.04 Å². The molecule has 14 heavy (non-hydrogen) atoms. The molecule has 2 aliphatic rings. The number of hydrogen-bond acceptors (Lipinski definition) is 3. The highest BCUT2D eigenvalue weighted by molar-refractivity contribution is 6.30. The lowest BCUT2D eigenvalue weighted by molar-refractivity contribution is 0.695. The van der Waals surface area contributed by atoms with E-state index in [1.165, 1.54) is 19.3 Å². The standard InChI is InChI=1S/C10H12ClN3/c11-7-4-12-10(13-5-7)14-9-3-8(9)6-1-2-6/h4-6,8-9H,1-3H2,(H,12,13,14)/t8-,9+/m0/s1. The van der Waals surface area contributed by atoms with Gasteiger partial charge in [-0.25, -0.2) is 9.97 Å². The Balaban J connectivity index is 1.59. The first-order chi connectivity index (χ1) is 6.83. The summed E-state index contributed by atoms with van der Waals surface area (Å²) in [5.41, 5.74) is 0. The van der Waals surface area contributed by atoms with Crippen LogP contribution in [-0.4, -0.2) is 16.0 Å². The fourth-order valence-corrected chi connectivity index (χ4v) is 2.08. The second-order valence-corrected chi connectivity index (χ2v) is 4.65. The maximum absolute atomic E-state index is 5.70. The molecule has 1 heterocycles. The van der Waals surface area contributed by atoms with Gasteiger partial charge in [0.1, 0.15) is 0 Å². The highest BCUT2D eigenvalue weighted by Crippen LogP contribution is 2.50. The van der Waals surface area contributed by atoms with E-state index in [9.17, 15) is 0 Å². The van der Waals surface area contributed by atoms with Gasteiger partial charge in [-0.3, -0.25) is 0 Å². The Kier molecular flexibility index (Phi) is 1.87. The van der Waals surface area contributed by atoms with Crippen LogP contribution in [0.4, 0.5) is 5.95 Å². The van der Waals surface area contributed by atoms with Gasteiger partial charge in [0.25, 0.3) is 0 Å². The van der Waals surface area contributed by atoms with Crippen molar-refractivity contribution in [3.63, 3.8) is 0 Å². The summed E-state index contributed by atoms with van der Waals surface area (Å²) in [7, 11) is 0. The van der Waals surface area contributed by atoms with Gasteiger partial charge in [0.2, 0.25) is 5.95 Å². The number of rotatable bonds is 3. The molecule has 3 rings (SSSR count). The Bertz CT molecular complexity index is 334. The highest BCUT2D eigenvalue weighted by atomic mass is 35.5. The van der Waals surface area contributed by atoms with Crippen molar-refractivity contribution in [2.45, 2.75) is 25.3 Å². The Morgan fingerprint density at radius 1 is 1.29 bits per heavy atom. The first-order valence-corrected chi connectivity index (χ1v) is 5.45. The minimum Gasteiger partial charge on any atom is -0.351 e. The number of nitrogens with one attached hydrogen (secondary N) is 1. The minimum absolute atomic E-state index is 0.588. The van der Waals surface area contributed by atoms with Crippen LogP contribution in [0.2, 0.25) is 5.02 Å². The third kappa shape index (κ3) is 1.69. The molecule has 1 N–H and O–H groups in total. The van der Waals surface area contributed by atoms with Crippen molar-refractivity contribution in [2.75, 3.05) is 5.32 Å². The lowest BCUT2D eigenvalue weighted by Gasteiger charge is -2.02. The zero-order valence-corrected chi connectivity index (χ0v) is 8.54. The molecule has 0 saturated heterocycles. The maximum Gasteiger partial charge on any atom is 0.222 e. The van der Waals surface area contributed by atoms with Crippen LogP contribution in [0.15, 0.2) is 12.4 Å². The van der Waals surface area contributed by atoms with Gasteiger partial charge in [-0.05, 0) is 31.1 Å². The number of halogens is 1. The van der Waals surface area contributed by atoms with Gasteiger partial charge in [0.15, 0.2) is 0 Å². The van der Waals surface area contributed by atoms with Crippen molar-refractivity contribution in [3.8, 4) is 0 Å². The minimum atomic E-state index is 0.588. The number of hydrogen-bond donors (Lipinski definition) is 1. The molecule has 0 unspecified atom stereocenters. The van der Waals surface area contributed by atoms with Crippen molar-refractivity contribution >= 4 is 17.5 Å². The molecule has 2 atom stereocenters. The van der Waals surface area contributed by atoms with Crippen LogP contribution in [0.1, 0.15) is 19.3 Å². The Morgan fingerprint density at radius 3 is 2.64 bits per heavy atom. The van der Waals surface area contributed by atoms with E-state index in [2.05, 4.69) is 15.3 Å². The second-order valence-electron chi connectivity index (χ2n) is 4.21. The molecule has 0 aromatic carbocycles. The largest absolute Gasteiger partial charge is 0.351 e. The van der Waals surface area contributed by atoms with Crippen LogP contribution in [0.25, 0.3) is 0 Å². The van der Waals surface area contributed by atoms with Crippen LogP contribution in [0.3, 0.4) is 0 Å². The molecule has 2 saturated carbocycles. The molecule has 0 amide bonds. The SMILES string of the molecule is Clc1cnc(N[C@@H]2C[C@H]2C2CC2)nc1. The molecule has 0 spiro atoms. The van der Waals surface area contributed by atoms with Crippen LogP contribution >= 0.6 is 11.6 Å². The number of anilines is 1. The van der Waals surface area contributed by atoms with E-state index >= 15 is 0 Å². The summed E-state index contributed by atoms with van der Waals surface area (Å²) in [5.74, 6) is 2.58. The Morgan fingerprint density at radius 2 is 2.00 bits per heavy atom. The third-order valence-corrected chi connectivity index (χ3v) is 3.20. The summed E-state index contributed by atoms with van der Waals surface area (Å²) < 4.78 is 0. The van der Waals surface area contributed by atoms with Gasteiger partial charge in [-0.2, -0.15) is 0 Å². The summed E-state index contributed by atoms with van der Waals surface area (Å²) in [4.78, 5) is 8.24. The molecule has 0 radical (unpaired) electrons. The zero-order chi connectivity index (χ0) is 9.54. The maximum atomic E-state index is 5.70. The molecule has 1 aromatic rings. The number of nitrogens with zero attached hydrogens (tertiary/aromatic N) is 2. The summed E-state index contributed by atoms with van der Waals surface area (Å²) in [6.07, 6.45) is 7.39. The molecular weight excluding hydrogens is 198 g/mol. The van der Waals surface area contributed by atoms with Crippen LogP contribution < -0.4 is 5.32 Å². The molecule has 2 aliphatic carbocycles. The smallest absolute Gasteiger partial charge is 0.222 e. The first kappa shape index (κ1) is 8.48. The molecule has 74 valence electrons. The normalized spacial score (nSPS) is 30.1. The van der Waals surface area contributed by atoms with E-state index in [1.54, 1.807) is 12.4 Å². The molecular formula is C10H12ClN3. The Labute approximate surface area is 87.9 Å². The van der Waals surface area contributed by atoms with Crippen molar-refractivity contribution in [3.05, 3.63) is 17.4 Å². The highest BCUT2D eigenvalue weighted by Gasteiger charge is 2.47. The lowest BCUT2D eigenvalue weighted by atomic mass is 10.3. The Hall–Kier alpha value is -0.830. The summed E-state index contributed by atoms with van der Waals surface area (Å²) in [6, 6.07) is 0.615. The van der Waals surface area contributed by atoms with Crippen LogP contribution in [-0.2, 0) is 0 Å².